The molecule has 0 radical (unpaired) electrons. The number of ether oxygens (including phenoxy) is 2. The van der Waals surface area contributed by atoms with Gasteiger partial charge in [0.1, 0.15) is 0 Å². The van der Waals surface area contributed by atoms with E-state index in [-0.39, 0.29) is 38.4 Å². The Bertz CT molecular complexity index is 2200. The lowest BCUT2D eigenvalue weighted by Crippen LogP contribution is -2.32. The van der Waals surface area contributed by atoms with E-state index >= 15 is 0 Å². The Hall–Kier alpha value is -5.76. The van der Waals surface area contributed by atoms with Gasteiger partial charge in [0.15, 0.2) is 0 Å². The first kappa shape index (κ1) is 38.5. The number of cyclic esters (lactones) is 2. The average Bonchev–Trinajstić information content (AvgIpc) is 3.83. The van der Waals surface area contributed by atoms with Gasteiger partial charge < -0.3 is 20.1 Å². The summed E-state index contributed by atoms with van der Waals surface area (Å²) in [6.07, 6.45) is 6.57. The first-order valence-electron chi connectivity index (χ1n) is 19.5. The van der Waals surface area contributed by atoms with Gasteiger partial charge in [0.05, 0.1) is 36.9 Å². The number of anilines is 2. The van der Waals surface area contributed by atoms with E-state index < -0.39 is 10.8 Å². The van der Waals surface area contributed by atoms with Gasteiger partial charge >= 0.3 is 11.9 Å². The molecule has 2 amide bonds. The Morgan fingerprint density at radius 1 is 0.679 bits per heavy atom. The molecule has 2 heterocycles. The second-order valence-corrected chi connectivity index (χ2v) is 16.3. The van der Waals surface area contributed by atoms with Crippen molar-refractivity contribution in [1.82, 2.24) is 0 Å². The monoisotopic (exact) mass is 754 g/mol. The lowest BCUT2D eigenvalue weighted by molar-refractivity contribution is -0.147. The van der Waals surface area contributed by atoms with Gasteiger partial charge in [0, 0.05) is 26.1 Å². The number of esters is 2. The van der Waals surface area contributed by atoms with Gasteiger partial charge in [0.25, 0.3) is 0 Å². The zero-order valence-corrected chi connectivity index (χ0v) is 32.5. The molecule has 2 aliphatic heterocycles. The molecule has 8 heteroatoms. The summed E-state index contributed by atoms with van der Waals surface area (Å²) < 4.78 is 10.7. The fourth-order valence-electron chi connectivity index (χ4n) is 9.03. The van der Waals surface area contributed by atoms with Crippen LogP contribution in [0, 0.1) is 36.5 Å². The smallest absolute Gasteiger partial charge is 0.313 e. The maximum atomic E-state index is 12.4. The Balaban J connectivity index is 0.000000214. The molecule has 0 bridgehead atoms. The van der Waals surface area contributed by atoms with Crippen molar-refractivity contribution in [3.05, 3.63) is 154 Å². The zero-order chi connectivity index (χ0) is 39.5. The summed E-state index contributed by atoms with van der Waals surface area (Å²) >= 11 is 0. The number of benzene rings is 4. The maximum Gasteiger partial charge on any atom is 0.313 e. The average molecular weight is 755 g/mol. The molecule has 4 aromatic rings. The van der Waals surface area contributed by atoms with Crippen LogP contribution < -0.4 is 10.6 Å². The number of carbonyl (C=O) groups is 4. The Kier molecular flexibility index (Phi) is 11.1. The molecule has 3 unspecified atom stereocenters. The van der Waals surface area contributed by atoms with E-state index in [4.69, 9.17) is 9.47 Å². The number of hydrogen-bond acceptors (Lipinski definition) is 6. The molecule has 0 spiro atoms. The van der Waals surface area contributed by atoms with Crippen molar-refractivity contribution in [2.75, 3.05) is 23.8 Å². The Labute approximate surface area is 332 Å². The molecule has 8 rings (SSSR count). The molecule has 8 nitrogen and oxygen atoms in total. The summed E-state index contributed by atoms with van der Waals surface area (Å²) in [7, 11) is 0. The largest absolute Gasteiger partial charge is 0.465 e. The molecule has 56 heavy (non-hydrogen) atoms. The quantitative estimate of drug-likeness (QED) is 0.124. The van der Waals surface area contributed by atoms with Gasteiger partial charge in [-0.05, 0) is 99.4 Å². The molecule has 2 saturated heterocycles. The van der Waals surface area contributed by atoms with Crippen LogP contribution in [0.2, 0.25) is 0 Å². The minimum absolute atomic E-state index is 0. The van der Waals surface area contributed by atoms with Crippen LogP contribution >= 0.6 is 0 Å². The van der Waals surface area contributed by atoms with Gasteiger partial charge in [-0.1, -0.05) is 108 Å². The Morgan fingerprint density at radius 3 is 1.71 bits per heavy atom. The van der Waals surface area contributed by atoms with E-state index in [1.807, 2.05) is 111 Å². The second kappa shape index (κ2) is 16.1. The molecule has 2 aliphatic carbocycles. The van der Waals surface area contributed by atoms with Crippen molar-refractivity contribution >= 4 is 35.1 Å². The first-order chi connectivity index (χ1) is 26.9. The van der Waals surface area contributed by atoms with Crippen molar-refractivity contribution < 1.29 is 31.5 Å². The molecule has 4 atom stereocenters. The number of carbonyl (C=O) groups excluding carboxylic acids is 4. The van der Waals surface area contributed by atoms with Gasteiger partial charge in [-0.2, -0.15) is 0 Å². The Morgan fingerprint density at radius 2 is 1.18 bits per heavy atom. The number of fused-ring (bicyclic) bond motifs is 2. The number of amides is 2. The number of nitrogens with one attached hydrogen (secondary N) is 2. The molecule has 4 aromatic carbocycles. The van der Waals surface area contributed by atoms with Crippen LogP contribution in [0.5, 0.6) is 0 Å². The number of allylic oxidation sites excluding steroid dienone is 2. The van der Waals surface area contributed by atoms with E-state index in [1.165, 1.54) is 5.57 Å². The van der Waals surface area contributed by atoms with Crippen LogP contribution in [0.4, 0.5) is 11.4 Å². The summed E-state index contributed by atoms with van der Waals surface area (Å²) in [5.41, 5.74) is 9.51. The molecule has 3 fully saturated rings. The maximum absolute atomic E-state index is 12.4. The molecule has 292 valence electrons. The first-order valence-corrected chi connectivity index (χ1v) is 19.5. The molecule has 0 aromatic heterocycles. The summed E-state index contributed by atoms with van der Waals surface area (Å²) in [6, 6.07) is 31.5. The highest BCUT2D eigenvalue weighted by atomic mass is 16.5. The predicted octanol–water partition coefficient (Wildman–Crippen LogP) is 8.95. The normalized spacial score (nSPS) is 23.3. The highest BCUT2D eigenvalue weighted by molar-refractivity contribution is 5.93. The summed E-state index contributed by atoms with van der Waals surface area (Å²) in [5.74, 6) is 0.165. The third kappa shape index (κ3) is 8.55. The second-order valence-electron chi connectivity index (χ2n) is 16.3. The van der Waals surface area contributed by atoms with Crippen molar-refractivity contribution in [3.63, 3.8) is 0 Å². The highest BCUT2D eigenvalue weighted by Crippen LogP contribution is 2.52. The van der Waals surface area contributed by atoms with Crippen LogP contribution in [-0.4, -0.2) is 37.0 Å². The van der Waals surface area contributed by atoms with Crippen molar-refractivity contribution in [3.8, 4) is 0 Å². The van der Waals surface area contributed by atoms with Crippen molar-refractivity contribution in [2.24, 2.45) is 22.7 Å². The van der Waals surface area contributed by atoms with E-state index in [9.17, 15) is 19.2 Å². The third-order valence-corrected chi connectivity index (χ3v) is 11.7. The third-order valence-electron chi connectivity index (χ3n) is 11.7. The SMILES string of the molecule is C=C1C[C@H]2COC(=O)C2(Cc2ccc(NC(=O)Cc3cccc(C)c3)cc2)C1.CC1=CC2COC(=O)C2(Cc2ccc(NC(=O)Cc3cccc(C)c3)cc2)C1.[HH].[HH]. The standard InChI is InChI=1S/2C24H25NO3.2H2/c2*1-16-4-3-5-19(10-16)12-22(26)25-21-8-6-18(7-9-21)14-24-13-17(2)11-20(24)15-28-23(24)27;;/h3-11,20H,12-15H2,1-2H3,(H,25,26);3-10,20H,2,11-15H2,1H3,(H,25,26);2*1H/t;20-,24?;;/m.0../s1. The number of rotatable bonds is 10. The van der Waals surface area contributed by atoms with Crippen LogP contribution in [0.15, 0.2) is 121 Å². The van der Waals surface area contributed by atoms with Crippen LogP contribution in [0.3, 0.4) is 0 Å². The molecule has 4 aliphatic rings. The number of aryl methyl sites for hydroxylation is 2. The lowest BCUT2D eigenvalue weighted by atomic mass is 9.74. The van der Waals surface area contributed by atoms with Crippen LogP contribution in [0.1, 0.15) is 62.4 Å². The van der Waals surface area contributed by atoms with Gasteiger partial charge in [0.2, 0.25) is 11.8 Å². The van der Waals surface area contributed by atoms with E-state index in [2.05, 4.69) is 30.2 Å². The van der Waals surface area contributed by atoms with Gasteiger partial charge in [-0.15, -0.1) is 0 Å². The van der Waals surface area contributed by atoms with Crippen molar-refractivity contribution in [1.29, 1.82) is 0 Å². The fourth-order valence-corrected chi connectivity index (χ4v) is 9.03. The fraction of sp³-hybridized carbons (Fsp3) is 0.333. The topological polar surface area (TPSA) is 111 Å². The summed E-state index contributed by atoms with van der Waals surface area (Å²) in [6.45, 7) is 11.2. The van der Waals surface area contributed by atoms with E-state index in [1.54, 1.807) is 0 Å². The van der Waals surface area contributed by atoms with Gasteiger partial charge in [-0.3, -0.25) is 19.2 Å². The minimum Gasteiger partial charge on any atom is -0.465 e. The highest BCUT2D eigenvalue weighted by Gasteiger charge is 2.56. The zero-order valence-electron chi connectivity index (χ0n) is 32.5. The molecular formula is C48H54N2O6. The summed E-state index contributed by atoms with van der Waals surface area (Å²) in [5, 5.41) is 5.90. The van der Waals surface area contributed by atoms with E-state index in [0.717, 1.165) is 63.2 Å². The molecule has 1 saturated carbocycles. The summed E-state index contributed by atoms with van der Waals surface area (Å²) in [4.78, 5) is 49.4. The van der Waals surface area contributed by atoms with Crippen LogP contribution in [-0.2, 0) is 54.3 Å². The number of hydrogen-bond donors (Lipinski definition) is 2. The van der Waals surface area contributed by atoms with Gasteiger partial charge in [-0.25, -0.2) is 0 Å². The molecular weight excluding hydrogens is 701 g/mol. The van der Waals surface area contributed by atoms with E-state index in [0.29, 0.717) is 45.3 Å². The van der Waals surface area contributed by atoms with Crippen LogP contribution in [0.25, 0.3) is 0 Å². The van der Waals surface area contributed by atoms with Crippen molar-refractivity contribution in [2.45, 2.75) is 65.7 Å². The molecule has 2 N–H and O–H groups in total. The predicted molar refractivity (Wildman–Crippen MR) is 222 cm³/mol. The lowest BCUT2D eigenvalue weighted by Gasteiger charge is -2.25. The minimum atomic E-state index is -0.451.